The van der Waals surface area contributed by atoms with Crippen molar-refractivity contribution in [3.05, 3.63) is 5.01 Å². The summed E-state index contributed by atoms with van der Waals surface area (Å²) in [5.74, 6) is 0.215. The Kier molecular flexibility index (Phi) is 3.00. The van der Waals surface area contributed by atoms with E-state index in [1.54, 1.807) is 0 Å². The fraction of sp³-hybridized carbons (Fsp3) is 0.667. The summed E-state index contributed by atoms with van der Waals surface area (Å²) in [7, 11) is 0. The zero-order valence-electron chi connectivity index (χ0n) is 10.7. The van der Waals surface area contributed by atoms with Crippen LogP contribution in [0.1, 0.15) is 31.2 Å². The number of anilines is 1. The van der Waals surface area contributed by atoms with Crippen LogP contribution in [0.2, 0.25) is 0 Å². The van der Waals surface area contributed by atoms with Crippen LogP contribution >= 0.6 is 11.3 Å². The van der Waals surface area contributed by atoms with Gasteiger partial charge in [0.1, 0.15) is 5.01 Å². The third kappa shape index (κ3) is 2.01. The van der Waals surface area contributed by atoms with Crippen molar-refractivity contribution >= 4 is 28.3 Å². The lowest BCUT2D eigenvalue weighted by Gasteiger charge is -2.15. The number of imide groups is 1. The molecule has 2 aliphatic rings. The van der Waals surface area contributed by atoms with E-state index in [1.165, 1.54) is 16.2 Å². The van der Waals surface area contributed by atoms with E-state index in [-0.39, 0.29) is 30.2 Å². The average molecular weight is 280 g/mol. The van der Waals surface area contributed by atoms with Gasteiger partial charge in [-0.2, -0.15) is 0 Å². The van der Waals surface area contributed by atoms with Crippen LogP contribution < -0.4 is 5.73 Å². The number of nitrogen functional groups attached to an aromatic ring is 1. The zero-order chi connectivity index (χ0) is 13.6. The number of amides is 2. The fourth-order valence-corrected chi connectivity index (χ4v) is 3.75. The highest BCUT2D eigenvalue weighted by Gasteiger charge is 2.52. The largest absolute Gasteiger partial charge is 0.374 e. The SMILES string of the molecule is CCC1CC2C(=O)N(Cc3nnc(N)s3)C(=O)C2C1. The highest BCUT2D eigenvalue weighted by molar-refractivity contribution is 7.15. The minimum Gasteiger partial charge on any atom is -0.374 e. The van der Waals surface area contributed by atoms with Gasteiger partial charge in [-0.3, -0.25) is 14.5 Å². The summed E-state index contributed by atoms with van der Waals surface area (Å²) < 4.78 is 0. The minimum atomic E-state index is -0.109. The highest BCUT2D eigenvalue weighted by atomic mass is 32.1. The number of carbonyl (C=O) groups is 2. The molecule has 1 saturated carbocycles. The van der Waals surface area contributed by atoms with Crippen molar-refractivity contribution in [1.82, 2.24) is 15.1 Å². The van der Waals surface area contributed by atoms with Crippen LogP contribution in [0.25, 0.3) is 0 Å². The summed E-state index contributed by atoms with van der Waals surface area (Å²) in [4.78, 5) is 25.9. The Hall–Kier alpha value is -1.50. The molecule has 7 heteroatoms. The summed E-state index contributed by atoms with van der Waals surface area (Å²) in [6, 6.07) is 0. The van der Waals surface area contributed by atoms with Gasteiger partial charge in [0.25, 0.3) is 0 Å². The third-order valence-corrected chi connectivity index (χ3v) is 4.92. The van der Waals surface area contributed by atoms with Crippen molar-refractivity contribution in [2.24, 2.45) is 17.8 Å². The van der Waals surface area contributed by atoms with E-state index in [1.807, 2.05) is 0 Å². The Bertz CT molecular complexity index is 506. The second-order valence-corrected chi connectivity index (χ2v) is 6.35. The molecule has 2 unspecified atom stereocenters. The Labute approximate surface area is 115 Å². The zero-order valence-corrected chi connectivity index (χ0v) is 11.5. The van der Waals surface area contributed by atoms with E-state index >= 15 is 0 Å². The van der Waals surface area contributed by atoms with Crippen LogP contribution in [-0.2, 0) is 16.1 Å². The Morgan fingerprint density at radius 3 is 2.37 bits per heavy atom. The number of likely N-dealkylation sites (tertiary alicyclic amines) is 1. The predicted molar refractivity (Wildman–Crippen MR) is 69.9 cm³/mol. The molecular formula is C12H16N4O2S. The quantitative estimate of drug-likeness (QED) is 0.836. The molecule has 2 N–H and O–H groups in total. The van der Waals surface area contributed by atoms with Gasteiger partial charge in [0, 0.05) is 0 Å². The Balaban J connectivity index is 1.75. The van der Waals surface area contributed by atoms with Gasteiger partial charge >= 0.3 is 0 Å². The fourth-order valence-electron chi connectivity index (χ4n) is 3.15. The molecule has 3 rings (SSSR count). The summed E-state index contributed by atoms with van der Waals surface area (Å²) >= 11 is 1.22. The maximum Gasteiger partial charge on any atom is 0.233 e. The number of hydrogen-bond donors (Lipinski definition) is 1. The van der Waals surface area contributed by atoms with Crippen LogP contribution in [-0.4, -0.2) is 26.9 Å². The van der Waals surface area contributed by atoms with Gasteiger partial charge in [0.15, 0.2) is 0 Å². The lowest BCUT2D eigenvalue weighted by Crippen LogP contribution is -2.31. The van der Waals surface area contributed by atoms with Gasteiger partial charge in [-0.05, 0) is 18.8 Å². The topological polar surface area (TPSA) is 89.2 Å². The summed E-state index contributed by atoms with van der Waals surface area (Å²) in [5.41, 5.74) is 5.51. The Morgan fingerprint density at radius 2 is 1.89 bits per heavy atom. The molecule has 2 amide bonds. The normalized spacial score (nSPS) is 30.2. The van der Waals surface area contributed by atoms with E-state index in [4.69, 9.17) is 5.73 Å². The van der Waals surface area contributed by atoms with E-state index in [2.05, 4.69) is 17.1 Å². The third-order valence-electron chi connectivity index (χ3n) is 4.18. The molecule has 1 saturated heterocycles. The van der Waals surface area contributed by atoms with Crippen LogP contribution in [0.4, 0.5) is 5.13 Å². The molecule has 102 valence electrons. The van der Waals surface area contributed by atoms with E-state index < -0.39 is 0 Å². The summed E-state index contributed by atoms with van der Waals surface area (Å²) in [6.07, 6.45) is 2.74. The van der Waals surface area contributed by atoms with Gasteiger partial charge in [0.2, 0.25) is 16.9 Å². The van der Waals surface area contributed by atoms with Crippen LogP contribution in [0.3, 0.4) is 0 Å². The lowest BCUT2D eigenvalue weighted by molar-refractivity contribution is -0.141. The standard InChI is InChI=1S/C12H16N4O2S/c1-2-6-3-7-8(4-6)11(18)16(10(7)17)5-9-14-15-12(13)19-9/h6-8H,2-5H2,1H3,(H2,13,15). The maximum absolute atomic E-state index is 12.3. The maximum atomic E-state index is 12.3. The van der Waals surface area contributed by atoms with E-state index in [0.717, 1.165) is 19.3 Å². The first-order valence-electron chi connectivity index (χ1n) is 6.53. The molecule has 2 fully saturated rings. The molecule has 0 bridgehead atoms. The monoisotopic (exact) mass is 280 g/mol. The second kappa shape index (κ2) is 4.56. The summed E-state index contributed by atoms with van der Waals surface area (Å²) in [5, 5.41) is 8.55. The molecule has 6 nitrogen and oxygen atoms in total. The molecule has 2 heterocycles. The number of fused-ring (bicyclic) bond motifs is 1. The first-order chi connectivity index (χ1) is 9.10. The number of rotatable bonds is 3. The average Bonchev–Trinajstić information content (AvgIpc) is 3.04. The van der Waals surface area contributed by atoms with Crippen LogP contribution in [0, 0.1) is 17.8 Å². The lowest BCUT2D eigenvalue weighted by atomic mass is 10.00. The van der Waals surface area contributed by atoms with Gasteiger partial charge in [-0.1, -0.05) is 24.7 Å². The number of aromatic nitrogens is 2. The van der Waals surface area contributed by atoms with Gasteiger partial charge in [-0.15, -0.1) is 10.2 Å². The molecule has 2 atom stereocenters. The minimum absolute atomic E-state index is 0.0419. The van der Waals surface area contributed by atoms with E-state index in [9.17, 15) is 9.59 Å². The van der Waals surface area contributed by atoms with Gasteiger partial charge < -0.3 is 5.73 Å². The molecule has 0 radical (unpaired) electrons. The van der Waals surface area contributed by atoms with Crippen molar-refractivity contribution in [1.29, 1.82) is 0 Å². The highest BCUT2D eigenvalue weighted by Crippen LogP contribution is 2.44. The first kappa shape index (κ1) is 12.5. The van der Waals surface area contributed by atoms with Crippen molar-refractivity contribution < 1.29 is 9.59 Å². The van der Waals surface area contributed by atoms with Crippen LogP contribution in [0.5, 0.6) is 0 Å². The van der Waals surface area contributed by atoms with Crippen LogP contribution in [0.15, 0.2) is 0 Å². The molecule has 1 aliphatic heterocycles. The molecular weight excluding hydrogens is 264 g/mol. The number of carbonyl (C=O) groups excluding carboxylic acids is 2. The van der Waals surface area contributed by atoms with Gasteiger partial charge in [0.05, 0.1) is 18.4 Å². The number of nitrogens with two attached hydrogens (primary N) is 1. The smallest absolute Gasteiger partial charge is 0.233 e. The molecule has 1 aliphatic carbocycles. The number of hydrogen-bond acceptors (Lipinski definition) is 6. The first-order valence-corrected chi connectivity index (χ1v) is 7.34. The van der Waals surface area contributed by atoms with Crippen molar-refractivity contribution in [2.45, 2.75) is 32.7 Å². The number of nitrogens with zero attached hydrogens (tertiary/aromatic N) is 3. The second-order valence-electron chi connectivity index (χ2n) is 5.26. The molecule has 1 aromatic heterocycles. The van der Waals surface area contributed by atoms with Crippen molar-refractivity contribution in [3.8, 4) is 0 Å². The Morgan fingerprint density at radius 1 is 1.26 bits per heavy atom. The predicted octanol–water partition coefficient (Wildman–Crippen LogP) is 1.04. The molecule has 1 aromatic rings. The van der Waals surface area contributed by atoms with E-state index in [0.29, 0.717) is 16.1 Å². The molecule has 19 heavy (non-hydrogen) atoms. The molecule has 0 aromatic carbocycles. The molecule has 0 spiro atoms. The van der Waals surface area contributed by atoms with Crippen molar-refractivity contribution in [3.63, 3.8) is 0 Å². The van der Waals surface area contributed by atoms with Crippen molar-refractivity contribution in [2.75, 3.05) is 5.73 Å². The van der Waals surface area contributed by atoms with Gasteiger partial charge in [-0.25, -0.2) is 0 Å². The summed E-state index contributed by atoms with van der Waals surface area (Å²) in [6.45, 7) is 2.33.